The molecule has 3 rings (SSSR count). The first kappa shape index (κ1) is 17.2. The number of nitro benzene ring substituents is 2. The first-order valence-corrected chi connectivity index (χ1v) is 8.01. The molecule has 0 saturated carbocycles. The van der Waals surface area contributed by atoms with E-state index in [1.54, 1.807) is 11.6 Å². The van der Waals surface area contributed by atoms with Crippen LogP contribution in [0.15, 0.2) is 47.6 Å². The fourth-order valence-corrected chi connectivity index (χ4v) is 3.27. The predicted octanol–water partition coefficient (Wildman–Crippen LogP) is 2.30. The van der Waals surface area contributed by atoms with Crippen molar-refractivity contribution in [1.29, 1.82) is 0 Å². The number of carbonyl (C=O) groups excluding carboxylic acids is 1. The lowest BCUT2D eigenvalue weighted by atomic mass is 10.1. The van der Waals surface area contributed by atoms with Gasteiger partial charge in [0, 0.05) is 19.2 Å². The number of fused-ring (bicyclic) bond motifs is 1. The topological polar surface area (TPSA) is 133 Å². The molecule has 0 radical (unpaired) electrons. The van der Waals surface area contributed by atoms with E-state index < -0.39 is 27.1 Å². The maximum Gasteiger partial charge on any atom is 0.277 e. The smallest absolute Gasteiger partial charge is 0.277 e. The van der Waals surface area contributed by atoms with Crippen LogP contribution in [0.4, 0.5) is 11.4 Å². The predicted molar refractivity (Wildman–Crippen MR) is 93.6 cm³/mol. The Hall–Kier alpha value is -3.60. The number of nitrogens with one attached hydrogen (secondary N) is 1. The fourth-order valence-electron chi connectivity index (χ4n) is 2.29. The SMILES string of the molecule is Cn1/c(=N/NC(=O)c2cc([N+](=O)[O-])cc([N+](=O)[O-])c2)sc2ccccc21. The first-order chi connectivity index (χ1) is 12.4. The number of nitrogens with zero attached hydrogens (tertiary/aromatic N) is 4. The van der Waals surface area contributed by atoms with Crippen molar-refractivity contribution < 1.29 is 14.6 Å². The van der Waals surface area contributed by atoms with Crippen LogP contribution in [0.5, 0.6) is 0 Å². The zero-order chi connectivity index (χ0) is 18.8. The Morgan fingerprint density at radius 1 is 1.12 bits per heavy atom. The molecule has 0 saturated heterocycles. The van der Waals surface area contributed by atoms with Crippen molar-refractivity contribution in [3.63, 3.8) is 0 Å². The van der Waals surface area contributed by atoms with Crippen LogP contribution in [0.25, 0.3) is 10.2 Å². The summed E-state index contributed by atoms with van der Waals surface area (Å²) < 4.78 is 2.74. The molecule has 0 fully saturated rings. The molecule has 1 N–H and O–H groups in total. The number of hydrogen-bond donors (Lipinski definition) is 1. The van der Waals surface area contributed by atoms with Gasteiger partial charge in [-0.05, 0) is 12.1 Å². The van der Waals surface area contributed by atoms with E-state index >= 15 is 0 Å². The van der Waals surface area contributed by atoms with E-state index in [1.807, 2.05) is 24.3 Å². The van der Waals surface area contributed by atoms with Gasteiger partial charge in [-0.1, -0.05) is 23.5 Å². The first-order valence-electron chi connectivity index (χ1n) is 7.19. The lowest BCUT2D eigenvalue weighted by Crippen LogP contribution is -2.23. The number of thiazole rings is 1. The van der Waals surface area contributed by atoms with Gasteiger partial charge in [0.2, 0.25) is 4.80 Å². The van der Waals surface area contributed by atoms with E-state index in [-0.39, 0.29) is 5.56 Å². The lowest BCUT2D eigenvalue weighted by molar-refractivity contribution is -0.394. The third-order valence-corrected chi connectivity index (χ3v) is 4.67. The second-order valence-corrected chi connectivity index (χ2v) is 6.23. The Kier molecular flexibility index (Phi) is 4.45. The van der Waals surface area contributed by atoms with Gasteiger partial charge in [-0.15, -0.1) is 5.10 Å². The fraction of sp³-hybridized carbons (Fsp3) is 0.0667. The van der Waals surface area contributed by atoms with Gasteiger partial charge in [0.15, 0.2) is 0 Å². The van der Waals surface area contributed by atoms with Crippen molar-refractivity contribution in [3.8, 4) is 0 Å². The van der Waals surface area contributed by atoms with Gasteiger partial charge in [0.05, 0.1) is 31.7 Å². The van der Waals surface area contributed by atoms with Crippen molar-refractivity contribution in [1.82, 2.24) is 9.99 Å². The quantitative estimate of drug-likeness (QED) is 0.553. The average Bonchev–Trinajstić information content (AvgIpc) is 2.95. The van der Waals surface area contributed by atoms with E-state index in [4.69, 9.17) is 0 Å². The monoisotopic (exact) mass is 373 g/mol. The minimum atomic E-state index is -0.799. The molecule has 1 heterocycles. The molecule has 0 unspecified atom stereocenters. The van der Waals surface area contributed by atoms with Crippen molar-refractivity contribution in [2.45, 2.75) is 0 Å². The number of amides is 1. The zero-order valence-electron chi connectivity index (χ0n) is 13.3. The van der Waals surface area contributed by atoms with Crippen LogP contribution >= 0.6 is 11.3 Å². The van der Waals surface area contributed by atoms with Crippen LogP contribution in [-0.2, 0) is 7.05 Å². The van der Waals surface area contributed by atoms with Gasteiger partial charge in [-0.3, -0.25) is 25.0 Å². The molecule has 3 aromatic rings. The molecule has 0 atom stereocenters. The maximum absolute atomic E-state index is 12.2. The summed E-state index contributed by atoms with van der Waals surface area (Å²) in [5, 5.41) is 25.8. The van der Waals surface area contributed by atoms with Gasteiger partial charge >= 0.3 is 0 Å². The second kappa shape index (κ2) is 6.72. The van der Waals surface area contributed by atoms with Crippen LogP contribution in [0.3, 0.4) is 0 Å². The van der Waals surface area contributed by atoms with E-state index in [1.165, 1.54) is 11.3 Å². The van der Waals surface area contributed by atoms with Crippen LogP contribution < -0.4 is 10.2 Å². The highest BCUT2D eigenvalue weighted by atomic mass is 32.1. The number of non-ortho nitro benzene ring substituents is 2. The van der Waals surface area contributed by atoms with Gasteiger partial charge in [0.1, 0.15) is 0 Å². The number of nitro groups is 2. The Balaban J connectivity index is 1.95. The van der Waals surface area contributed by atoms with Gasteiger partial charge in [-0.2, -0.15) is 0 Å². The number of rotatable bonds is 4. The summed E-state index contributed by atoms with van der Waals surface area (Å²) in [6, 6.07) is 10.3. The van der Waals surface area contributed by atoms with E-state index in [0.717, 1.165) is 28.4 Å². The normalized spacial score (nSPS) is 11.5. The van der Waals surface area contributed by atoms with Crippen LogP contribution in [-0.4, -0.2) is 20.3 Å². The number of carbonyl (C=O) groups is 1. The van der Waals surface area contributed by atoms with E-state index in [9.17, 15) is 25.0 Å². The van der Waals surface area contributed by atoms with Gasteiger partial charge in [-0.25, -0.2) is 5.43 Å². The number of benzene rings is 2. The van der Waals surface area contributed by atoms with Crippen LogP contribution in [0, 0.1) is 20.2 Å². The summed E-state index contributed by atoms with van der Waals surface area (Å²) in [5.41, 5.74) is 1.89. The number of hydrogen-bond acceptors (Lipinski definition) is 7. The second-order valence-electron chi connectivity index (χ2n) is 5.22. The molecule has 0 aliphatic rings. The number of para-hydroxylation sites is 1. The Morgan fingerprint density at radius 3 is 2.31 bits per heavy atom. The average molecular weight is 373 g/mol. The molecular formula is C15H11N5O5S. The van der Waals surface area contributed by atoms with Gasteiger partial charge < -0.3 is 4.57 Å². The molecule has 0 bridgehead atoms. The van der Waals surface area contributed by atoms with Crippen molar-refractivity contribution >= 4 is 38.8 Å². The summed E-state index contributed by atoms with van der Waals surface area (Å²) in [6.45, 7) is 0. The number of aromatic nitrogens is 1. The zero-order valence-corrected chi connectivity index (χ0v) is 14.1. The molecular weight excluding hydrogens is 362 g/mol. The molecule has 0 aliphatic heterocycles. The molecule has 132 valence electrons. The number of aryl methyl sites for hydroxylation is 1. The largest absolute Gasteiger partial charge is 0.318 e. The third-order valence-electron chi connectivity index (χ3n) is 3.55. The summed E-state index contributed by atoms with van der Waals surface area (Å²) in [7, 11) is 1.78. The lowest BCUT2D eigenvalue weighted by Gasteiger charge is -2.01. The summed E-state index contributed by atoms with van der Waals surface area (Å²) in [5.74, 6) is -0.783. The minimum Gasteiger partial charge on any atom is -0.318 e. The Morgan fingerprint density at radius 2 is 1.73 bits per heavy atom. The highest BCUT2D eigenvalue weighted by Crippen LogP contribution is 2.22. The highest BCUT2D eigenvalue weighted by molar-refractivity contribution is 7.16. The molecule has 10 nitrogen and oxygen atoms in total. The van der Waals surface area contributed by atoms with E-state index in [2.05, 4.69) is 10.5 Å². The van der Waals surface area contributed by atoms with Crippen molar-refractivity contribution in [2.24, 2.45) is 12.1 Å². The molecule has 2 aromatic carbocycles. The summed E-state index contributed by atoms with van der Waals surface area (Å²) in [6.07, 6.45) is 0. The van der Waals surface area contributed by atoms with Crippen molar-refractivity contribution in [2.75, 3.05) is 0 Å². The van der Waals surface area contributed by atoms with Crippen LogP contribution in [0.1, 0.15) is 10.4 Å². The molecule has 11 heteroatoms. The van der Waals surface area contributed by atoms with E-state index in [0.29, 0.717) is 4.80 Å². The molecule has 0 spiro atoms. The Bertz CT molecular complexity index is 1080. The standard InChI is InChI=1S/C15H11N5O5S/c1-18-12-4-2-3-5-13(12)26-15(18)17-16-14(21)9-6-10(19(22)23)8-11(7-9)20(24)25/h2-8H,1H3,(H,16,21)/b17-15-. The third kappa shape index (κ3) is 3.28. The van der Waals surface area contributed by atoms with Gasteiger partial charge in [0.25, 0.3) is 17.3 Å². The molecule has 1 aromatic heterocycles. The summed E-state index contributed by atoms with van der Waals surface area (Å²) in [4.78, 5) is 32.9. The minimum absolute atomic E-state index is 0.224. The molecule has 1 amide bonds. The maximum atomic E-state index is 12.2. The molecule has 0 aliphatic carbocycles. The Labute approximate surface area is 149 Å². The highest BCUT2D eigenvalue weighted by Gasteiger charge is 2.19. The molecule has 26 heavy (non-hydrogen) atoms. The van der Waals surface area contributed by atoms with Crippen LogP contribution in [0.2, 0.25) is 0 Å². The van der Waals surface area contributed by atoms with Crippen molar-refractivity contribution in [3.05, 3.63) is 73.1 Å². The summed E-state index contributed by atoms with van der Waals surface area (Å²) >= 11 is 1.34.